The smallest absolute Gasteiger partial charge is 0.234 e. The number of hydrogen-bond acceptors (Lipinski definition) is 2. The maximum absolute atomic E-state index is 11.9. The van der Waals surface area contributed by atoms with Crippen LogP contribution in [-0.4, -0.2) is 11.8 Å². The molecule has 1 aliphatic heterocycles. The van der Waals surface area contributed by atoms with Crippen LogP contribution in [0.5, 0.6) is 0 Å². The molecule has 1 fully saturated rings. The van der Waals surface area contributed by atoms with Gasteiger partial charge in [-0.1, -0.05) is 44.2 Å². The minimum atomic E-state index is -0.319. The largest absolute Gasteiger partial charge is 0.296 e. The number of piperidine rings is 1. The van der Waals surface area contributed by atoms with E-state index in [1.54, 1.807) is 0 Å². The summed E-state index contributed by atoms with van der Waals surface area (Å²) in [5, 5.41) is 2.41. The molecule has 1 aromatic carbocycles. The fraction of sp³-hybridized carbons (Fsp3) is 0.385. The van der Waals surface area contributed by atoms with E-state index in [0.29, 0.717) is 6.42 Å². The highest BCUT2D eigenvalue weighted by atomic mass is 16.2. The summed E-state index contributed by atoms with van der Waals surface area (Å²) in [5.74, 6) is -0.610. The molecule has 1 unspecified atom stereocenters. The van der Waals surface area contributed by atoms with E-state index in [-0.39, 0.29) is 23.1 Å². The third kappa shape index (κ3) is 1.85. The number of carbonyl (C=O) groups excluding carboxylic acids is 2. The molecule has 0 bridgehead atoms. The predicted molar refractivity (Wildman–Crippen MR) is 60.7 cm³/mol. The van der Waals surface area contributed by atoms with E-state index in [4.69, 9.17) is 0 Å². The summed E-state index contributed by atoms with van der Waals surface area (Å²) in [7, 11) is 0. The van der Waals surface area contributed by atoms with Gasteiger partial charge in [0.2, 0.25) is 11.8 Å². The number of hydrogen-bond donors (Lipinski definition) is 1. The fourth-order valence-electron chi connectivity index (χ4n) is 2.37. The third-order valence-electron chi connectivity index (χ3n) is 3.06. The van der Waals surface area contributed by atoms with Crippen molar-refractivity contribution in [2.24, 2.45) is 5.41 Å². The minimum absolute atomic E-state index is 0.179. The Bertz CT molecular complexity index is 423. The van der Waals surface area contributed by atoms with Crippen molar-refractivity contribution >= 4 is 11.8 Å². The molecule has 1 atom stereocenters. The van der Waals surface area contributed by atoms with Crippen molar-refractivity contribution in [3.8, 4) is 0 Å². The molecule has 0 saturated carbocycles. The van der Waals surface area contributed by atoms with Crippen LogP contribution in [0.2, 0.25) is 0 Å². The van der Waals surface area contributed by atoms with Gasteiger partial charge >= 0.3 is 0 Å². The number of amides is 2. The van der Waals surface area contributed by atoms with Crippen molar-refractivity contribution in [2.45, 2.75) is 26.2 Å². The van der Waals surface area contributed by atoms with Gasteiger partial charge in [-0.15, -0.1) is 0 Å². The van der Waals surface area contributed by atoms with Gasteiger partial charge in [-0.3, -0.25) is 14.9 Å². The molecule has 0 radical (unpaired) electrons. The van der Waals surface area contributed by atoms with E-state index in [2.05, 4.69) is 5.32 Å². The molecule has 2 rings (SSSR count). The van der Waals surface area contributed by atoms with Crippen molar-refractivity contribution in [3.05, 3.63) is 35.9 Å². The monoisotopic (exact) mass is 217 g/mol. The van der Waals surface area contributed by atoms with Crippen LogP contribution in [0.3, 0.4) is 0 Å². The first kappa shape index (κ1) is 10.9. The first-order chi connectivity index (χ1) is 7.50. The average Bonchev–Trinajstić information content (AvgIpc) is 2.15. The summed E-state index contributed by atoms with van der Waals surface area (Å²) in [6.07, 6.45) is 0.387. The zero-order chi connectivity index (χ0) is 11.8. The van der Waals surface area contributed by atoms with Crippen LogP contribution < -0.4 is 5.32 Å². The first-order valence-corrected chi connectivity index (χ1v) is 5.39. The maximum atomic E-state index is 11.9. The summed E-state index contributed by atoms with van der Waals surface area (Å²) in [5.41, 5.74) is 0.651. The van der Waals surface area contributed by atoms with Crippen LogP contribution in [0, 0.1) is 5.41 Å². The van der Waals surface area contributed by atoms with Crippen molar-refractivity contribution in [3.63, 3.8) is 0 Å². The van der Waals surface area contributed by atoms with Crippen LogP contribution in [0.4, 0.5) is 0 Å². The van der Waals surface area contributed by atoms with Crippen molar-refractivity contribution < 1.29 is 9.59 Å². The lowest BCUT2D eigenvalue weighted by molar-refractivity contribution is -0.138. The molecule has 3 nitrogen and oxygen atoms in total. The summed E-state index contributed by atoms with van der Waals surface area (Å²) in [6.45, 7) is 3.92. The molecule has 0 spiro atoms. The van der Waals surface area contributed by atoms with E-state index < -0.39 is 0 Å². The number of rotatable bonds is 1. The second-order valence-electron chi connectivity index (χ2n) is 4.92. The lowest BCUT2D eigenvalue weighted by atomic mass is 9.70. The molecule has 84 valence electrons. The molecule has 1 heterocycles. The predicted octanol–water partition coefficient (Wildman–Crippen LogP) is 1.84. The Kier molecular flexibility index (Phi) is 2.54. The number of imide groups is 1. The van der Waals surface area contributed by atoms with Gasteiger partial charge in [0.05, 0.1) is 5.92 Å². The van der Waals surface area contributed by atoms with E-state index in [1.165, 1.54) is 0 Å². The second kappa shape index (κ2) is 3.74. The molecule has 2 amide bonds. The lowest BCUT2D eigenvalue weighted by Gasteiger charge is -2.36. The van der Waals surface area contributed by atoms with Crippen LogP contribution in [0.25, 0.3) is 0 Å². The van der Waals surface area contributed by atoms with Crippen molar-refractivity contribution in [1.29, 1.82) is 0 Å². The zero-order valence-electron chi connectivity index (χ0n) is 9.49. The van der Waals surface area contributed by atoms with Gasteiger partial charge in [0.1, 0.15) is 0 Å². The fourth-order valence-corrected chi connectivity index (χ4v) is 2.37. The van der Waals surface area contributed by atoms with E-state index in [9.17, 15) is 9.59 Å². The first-order valence-electron chi connectivity index (χ1n) is 5.39. The van der Waals surface area contributed by atoms with Crippen molar-refractivity contribution in [2.75, 3.05) is 0 Å². The zero-order valence-corrected chi connectivity index (χ0v) is 9.49. The number of carbonyl (C=O) groups is 2. The highest BCUT2D eigenvalue weighted by Gasteiger charge is 2.42. The van der Waals surface area contributed by atoms with Crippen LogP contribution in [0.1, 0.15) is 31.7 Å². The molecule has 0 aliphatic carbocycles. The third-order valence-corrected chi connectivity index (χ3v) is 3.06. The van der Waals surface area contributed by atoms with Crippen molar-refractivity contribution in [1.82, 2.24) is 5.32 Å². The Morgan fingerprint density at radius 2 is 1.81 bits per heavy atom. The highest BCUT2D eigenvalue weighted by molar-refractivity contribution is 6.02. The molecular weight excluding hydrogens is 202 g/mol. The Hall–Kier alpha value is -1.64. The number of benzene rings is 1. The standard InChI is InChI=1S/C13H15NO2/c1-13(2)8-10(15)14-12(16)11(13)9-6-4-3-5-7-9/h3-7,11H,8H2,1-2H3,(H,14,15,16). The average molecular weight is 217 g/mol. The topological polar surface area (TPSA) is 46.2 Å². The quantitative estimate of drug-likeness (QED) is 0.730. The second-order valence-corrected chi connectivity index (χ2v) is 4.92. The van der Waals surface area contributed by atoms with Gasteiger partial charge in [0.25, 0.3) is 0 Å². The molecular formula is C13H15NO2. The molecule has 1 aliphatic rings. The normalized spacial score (nSPS) is 24.0. The Balaban J connectivity index is 2.39. The lowest BCUT2D eigenvalue weighted by Crippen LogP contribution is -2.48. The van der Waals surface area contributed by atoms with Gasteiger partial charge in [0.15, 0.2) is 0 Å². The van der Waals surface area contributed by atoms with Gasteiger partial charge in [-0.05, 0) is 11.0 Å². The Labute approximate surface area is 94.9 Å². The molecule has 1 saturated heterocycles. The van der Waals surface area contributed by atoms with E-state index in [1.807, 2.05) is 44.2 Å². The Morgan fingerprint density at radius 1 is 1.19 bits per heavy atom. The SMILES string of the molecule is CC1(C)CC(=O)NC(=O)C1c1ccccc1. The van der Waals surface area contributed by atoms with Gasteiger partial charge in [-0.2, -0.15) is 0 Å². The minimum Gasteiger partial charge on any atom is -0.296 e. The van der Waals surface area contributed by atoms with Crippen LogP contribution in [-0.2, 0) is 9.59 Å². The van der Waals surface area contributed by atoms with Gasteiger partial charge in [-0.25, -0.2) is 0 Å². The van der Waals surface area contributed by atoms with E-state index >= 15 is 0 Å². The van der Waals surface area contributed by atoms with Gasteiger partial charge in [0, 0.05) is 6.42 Å². The summed E-state index contributed by atoms with van der Waals surface area (Å²) < 4.78 is 0. The Morgan fingerprint density at radius 3 is 2.38 bits per heavy atom. The molecule has 1 aromatic rings. The highest BCUT2D eigenvalue weighted by Crippen LogP contribution is 2.40. The summed E-state index contributed by atoms with van der Waals surface area (Å²) in [4.78, 5) is 23.2. The van der Waals surface area contributed by atoms with Crippen LogP contribution >= 0.6 is 0 Å². The molecule has 16 heavy (non-hydrogen) atoms. The summed E-state index contributed by atoms with van der Waals surface area (Å²) >= 11 is 0. The molecule has 1 N–H and O–H groups in total. The van der Waals surface area contributed by atoms with Crippen LogP contribution in [0.15, 0.2) is 30.3 Å². The maximum Gasteiger partial charge on any atom is 0.234 e. The number of nitrogens with one attached hydrogen (secondary N) is 1. The molecule has 3 heteroatoms. The van der Waals surface area contributed by atoms with Gasteiger partial charge < -0.3 is 0 Å². The molecule has 0 aromatic heterocycles. The van der Waals surface area contributed by atoms with E-state index in [0.717, 1.165) is 5.56 Å². The summed E-state index contributed by atoms with van der Waals surface area (Å²) in [6, 6.07) is 9.61.